The third kappa shape index (κ3) is 2.98. The molecule has 0 unspecified atom stereocenters. The Morgan fingerprint density at radius 2 is 1.96 bits per heavy atom. The predicted octanol–water partition coefficient (Wildman–Crippen LogP) is 4.17. The summed E-state index contributed by atoms with van der Waals surface area (Å²) in [4.78, 5) is 26.5. The topological polar surface area (TPSA) is 78.7 Å². The van der Waals surface area contributed by atoms with Crippen molar-refractivity contribution in [2.24, 2.45) is 0 Å². The summed E-state index contributed by atoms with van der Waals surface area (Å²) in [5, 5.41) is 11.5. The molecular weight excluding hydrogens is 358 g/mol. The average molecular weight is 370 g/mol. The smallest absolute Gasteiger partial charge is 0.271 e. The summed E-state index contributed by atoms with van der Waals surface area (Å²) >= 11 is 6.18. The van der Waals surface area contributed by atoms with Gasteiger partial charge in [0.15, 0.2) is 0 Å². The van der Waals surface area contributed by atoms with E-state index in [9.17, 15) is 14.9 Å². The van der Waals surface area contributed by atoms with E-state index in [0.29, 0.717) is 16.7 Å². The van der Waals surface area contributed by atoms with Gasteiger partial charge in [-0.25, -0.2) is 4.85 Å². The van der Waals surface area contributed by atoms with Crippen LogP contribution < -0.4 is 10.3 Å². The SMILES string of the molecule is [C-]#[N+]c1c(Cl)c2ccc([N+](=O)[O-])cc2n(Cc2ccc(OC)cc2)c1=O. The maximum absolute atomic E-state index is 12.7. The first-order valence-corrected chi connectivity index (χ1v) is 7.85. The highest BCUT2D eigenvalue weighted by Gasteiger charge is 2.18. The second kappa shape index (κ2) is 6.86. The lowest BCUT2D eigenvalue weighted by Crippen LogP contribution is -2.21. The molecule has 0 fully saturated rings. The van der Waals surface area contributed by atoms with E-state index in [1.807, 2.05) is 0 Å². The van der Waals surface area contributed by atoms with Crippen molar-refractivity contribution in [3.63, 3.8) is 0 Å². The van der Waals surface area contributed by atoms with E-state index in [4.69, 9.17) is 22.9 Å². The number of rotatable bonds is 4. The first-order chi connectivity index (χ1) is 12.5. The number of nitrogens with zero attached hydrogens (tertiary/aromatic N) is 3. The molecule has 8 heteroatoms. The minimum Gasteiger partial charge on any atom is -0.497 e. The Kier molecular flexibility index (Phi) is 4.61. The highest BCUT2D eigenvalue weighted by molar-refractivity contribution is 6.38. The van der Waals surface area contributed by atoms with Crippen LogP contribution in [0.1, 0.15) is 5.56 Å². The van der Waals surface area contributed by atoms with Gasteiger partial charge >= 0.3 is 0 Å². The molecule has 0 saturated carbocycles. The maximum Gasteiger partial charge on any atom is 0.271 e. The van der Waals surface area contributed by atoms with E-state index in [-0.39, 0.29) is 22.9 Å². The van der Waals surface area contributed by atoms with Crippen LogP contribution in [-0.2, 0) is 6.54 Å². The summed E-state index contributed by atoms with van der Waals surface area (Å²) in [6, 6.07) is 11.1. The molecule has 3 rings (SSSR count). The zero-order valence-corrected chi connectivity index (χ0v) is 14.4. The standard InChI is InChI=1S/C18H12ClN3O4/c1-20-17-16(19)14-8-5-12(22(24)25)9-15(14)21(18(17)23)10-11-3-6-13(26-2)7-4-11/h3-9H,10H2,2H3. The number of non-ortho nitro benzene ring substituents is 1. The third-order valence-electron chi connectivity index (χ3n) is 3.99. The van der Waals surface area contributed by atoms with Crippen LogP contribution in [0.4, 0.5) is 11.4 Å². The van der Waals surface area contributed by atoms with Crippen molar-refractivity contribution >= 4 is 33.9 Å². The summed E-state index contributed by atoms with van der Waals surface area (Å²) in [6.45, 7) is 7.38. The molecule has 0 atom stereocenters. The lowest BCUT2D eigenvalue weighted by Gasteiger charge is -2.13. The summed E-state index contributed by atoms with van der Waals surface area (Å²) in [5.41, 5.74) is 0.124. The zero-order chi connectivity index (χ0) is 18.8. The summed E-state index contributed by atoms with van der Waals surface area (Å²) in [7, 11) is 1.55. The van der Waals surface area contributed by atoms with Crippen molar-refractivity contribution in [2.75, 3.05) is 7.11 Å². The number of benzene rings is 2. The molecule has 0 spiro atoms. The second-order valence-corrected chi connectivity index (χ2v) is 5.85. The molecule has 2 aromatic carbocycles. The number of methoxy groups -OCH3 is 1. The number of fused-ring (bicyclic) bond motifs is 1. The molecule has 0 aliphatic rings. The van der Waals surface area contributed by atoms with Crippen LogP contribution in [0.15, 0.2) is 47.3 Å². The first-order valence-electron chi connectivity index (χ1n) is 7.47. The first kappa shape index (κ1) is 17.5. The van der Waals surface area contributed by atoms with Gasteiger partial charge in [-0.15, -0.1) is 0 Å². The molecule has 0 aliphatic carbocycles. The summed E-state index contributed by atoms with van der Waals surface area (Å²) in [5.74, 6) is 0.666. The number of nitro groups is 1. The molecule has 7 nitrogen and oxygen atoms in total. The number of aromatic nitrogens is 1. The minimum absolute atomic E-state index is 0.000814. The number of hydrogen-bond acceptors (Lipinski definition) is 4. The molecule has 1 aromatic heterocycles. The van der Waals surface area contributed by atoms with Crippen LogP contribution in [0.2, 0.25) is 5.02 Å². The molecule has 0 aliphatic heterocycles. The van der Waals surface area contributed by atoms with Crippen LogP contribution in [0.5, 0.6) is 5.75 Å². The lowest BCUT2D eigenvalue weighted by molar-refractivity contribution is -0.384. The van der Waals surface area contributed by atoms with Gasteiger partial charge in [-0.3, -0.25) is 14.9 Å². The van der Waals surface area contributed by atoms with E-state index >= 15 is 0 Å². The van der Waals surface area contributed by atoms with Gasteiger partial charge < -0.3 is 9.30 Å². The quantitative estimate of drug-likeness (QED) is 0.393. The van der Waals surface area contributed by atoms with Gasteiger partial charge in [0.1, 0.15) is 5.75 Å². The average Bonchev–Trinajstić information content (AvgIpc) is 2.65. The Morgan fingerprint density at radius 1 is 1.27 bits per heavy atom. The van der Waals surface area contributed by atoms with E-state index in [1.54, 1.807) is 31.4 Å². The van der Waals surface area contributed by atoms with Gasteiger partial charge in [0.25, 0.3) is 16.9 Å². The van der Waals surface area contributed by atoms with Crippen molar-refractivity contribution in [1.29, 1.82) is 0 Å². The Morgan fingerprint density at radius 3 is 2.54 bits per heavy atom. The Hall–Kier alpha value is -3.37. The number of halogens is 1. The van der Waals surface area contributed by atoms with Gasteiger partial charge in [0, 0.05) is 24.1 Å². The van der Waals surface area contributed by atoms with Crippen molar-refractivity contribution in [3.05, 3.63) is 84.9 Å². The molecule has 0 N–H and O–H groups in total. The molecule has 0 radical (unpaired) electrons. The largest absolute Gasteiger partial charge is 0.497 e. The monoisotopic (exact) mass is 369 g/mol. The molecule has 130 valence electrons. The number of pyridine rings is 1. The maximum atomic E-state index is 12.7. The molecule has 1 heterocycles. The zero-order valence-electron chi connectivity index (χ0n) is 13.6. The second-order valence-electron chi connectivity index (χ2n) is 5.47. The Balaban J connectivity index is 2.26. The van der Waals surface area contributed by atoms with Gasteiger partial charge in [-0.2, -0.15) is 0 Å². The number of ether oxygens (including phenoxy) is 1. The summed E-state index contributed by atoms with van der Waals surface area (Å²) < 4.78 is 6.43. The highest BCUT2D eigenvalue weighted by atomic mass is 35.5. The summed E-state index contributed by atoms with van der Waals surface area (Å²) in [6.07, 6.45) is 0. The van der Waals surface area contributed by atoms with E-state index in [0.717, 1.165) is 5.56 Å². The van der Waals surface area contributed by atoms with Crippen LogP contribution >= 0.6 is 11.6 Å². The van der Waals surface area contributed by atoms with Crippen LogP contribution in [0.3, 0.4) is 0 Å². The van der Waals surface area contributed by atoms with Gasteiger partial charge in [0.2, 0.25) is 0 Å². The van der Waals surface area contributed by atoms with Crippen molar-refractivity contribution in [1.82, 2.24) is 4.57 Å². The molecule has 0 bridgehead atoms. The molecular formula is C18H12ClN3O4. The number of hydrogen-bond donors (Lipinski definition) is 0. The highest BCUT2D eigenvalue weighted by Crippen LogP contribution is 2.32. The molecule has 26 heavy (non-hydrogen) atoms. The molecule has 0 saturated heterocycles. The molecule has 3 aromatic rings. The van der Waals surface area contributed by atoms with Crippen LogP contribution in [0, 0.1) is 16.7 Å². The third-order valence-corrected chi connectivity index (χ3v) is 4.37. The normalized spacial score (nSPS) is 10.5. The van der Waals surface area contributed by atoms with Crippen molar-refractivity contribution < 1.29 is 9.66 Å². The lowest BCUT2D eigenvalue weighted by atomic mass is 10.1. The van der Waals surface area contributed by atoms with Crippen molar-refractivity contribution in [3.8, 4) is 5.75 Å². The van der Waals surface area contributed by atoms with E-state index in [1.165, 1.54) is 22.8 Å². The van der Waals surface area contributed by atoms with Crippen molar-refractivity contribution in [2.45, 2.75) is 6.54 Å². The van der Waals surface area contributed by atoms with Gasteiger partial charge in [-0.05, 0) is 23.8 Å². The van der Waals surface area contributed by atoms with Gasteiger partial charge in [0.05, 0.1) is 29.1 Å². The Bertz CT molecular complexity index is 1110. The fourth-order valence-corrected chi connectivity index (χ4v) is 2.95. The Labute approximate surface area is 153 Å². The van der Waals surface area contributed by atoms with Gasteiger partial charge in [-0.1, -0.05) is 23.7 Å². The number of nitro benzene ring substituents is 1. The fraction of sp³-hybridized carbons (Fsp3) is 0.111. The predicted molar refractivity (Wildman–Crippen MR) is 98.2 cm³/mol. The van der Waals surface area contributed by atoms with Crippen LogP contribution in [0.25, 0.3) is 15.7 Å². The minimum atomic E-state index is -0.589. The fourth-order valence-electron chi connectivity index (χ4n) is 2.67. The van der Waals surface area contributed by atoms with Crippen LogP contribution in [-0.4, -0.2) is 16.6 Å². The van der Waals surface area contributed by atoms with E-state index in [2.05, 4.69) is 4.85 Å². The molecule has 0 amide bonds. The van der Waals surface area contributed by atoms with E-state index < -0.39 is 10.5 Å².